The third kappa shape index (κ3) is 3.09. The molecule has 0 radical (unpaired) electrons. The fraction of sp³-hybridized carbons (Fsp3) is 0.462. The van der Waals surface area contributed by atoms with E-state index in [1.807, 2.05) is 19.1 Å². The van der Waals surface area contributed by atoms with E-state index < -0.39 is 0 Å². The molecule has 1 fully saturated rings. The minimum Gasteiger partial charge on any atom is -0.462 e. The predicted molar refractivity (Wildman–Crippen MR) is 89.3 cm³/mol. The molecule has 0 atom stereocenters. The summed E-state index contributed by atoms with van der Waals surface area (Å²) in [5, 5.41) is 0. The third-order valence-corrected chi connectivity index (χ3v) is 4.59. The molecule has 0 amide bonds. The molecule has 3 nitrogen and oxygen atoms in total. The third-order valence-electron chi connectivity index (χ3n) is 2.95. The van der Waals surface area contributed by atoms with E-state index in [1.165, 1.54) is 18.5 Å². The molecule has 1 heterocycles. The molecule has 1 aliphatic rings. The first kappa shape index (κ1) is 14.4. The average molecular weight is 471 g/mol. The molecule has 0 aromatic heterocycles. The molecule has 0 aliphatic carbocycles. The Morgan fingerprint density at radius 3 is 2.33 bits per heavy atom. The Hall–Kier alpha value is -0.0500. The zero-order valence-corrected chi connectivity index (χ0v) is 14.5. The molecular formula is C13H15I2NO2. The first-order valence-corrected chi connectivity index (χ1v) is 8.20. The van der Waals surface area contributed by atoms with E-state index in [-0.39, 0.29) is 5.97 Å². The van der Waals surface area contributed by atoms with Gasteiger partial charge >= 0.3 is 5.97 Å². The van der Waals surface area contributed by atoms with Gasteiger partial charge in [-0.15, -0.1) is 0 Å². The van der Waals surface area contributed by atoms with E-state index in [4.69, 9.17) is 4.74 Å². The molecule has 0 saturated carbocycles. The summed E-state index contributed by atoms with van der Waals surface area (Å²) < 4.78 is 7.30. The Kier molecular flexibility index (Phi) is 5.11. The molecule has 0 N–H and O–H groups in total. The van der Waals surface area contributed by atoms with Crippen molar-refractivity contribution in [2.45, 2.75) is 19.8 Å². The van der Waals surface area contributed by atoms with Gasteiger partial charge in [0.05, 0.1) is 17.9 Å². The zero-order chi connectivity index (χ0) is 13.1. The lowest BCUT2D eigenvalue weighted by atomic mass is 10.2. The highest BCUT2D eigenvalue weighted by atomic mass is 127. The van der Waals surface area contributed by atoms with Crippen LogP contribution in [0, 0.1) is 7.14 Å². The van der Waals surface area contributed by atoms with Crippen molar-refractivity contribution in [3.63, 3.8) is 0 Å². The zero-order valence-electron chi connectivity index (χ0n) is 10.2. The van der Waals surface area contributed by atoms with Crippen molar-refractivity contribution in [3.8, 4) is 0 Å². The maximum atomic E-state index is 11.7. The van der Waals surface area contributed by atoms with Crippen LogP contribution in [-0.4, -0.2) is 25.7 Å². The topological polar surface area (TPSA) is 29.5 Å². The van der Waals surface area contributed by atoms with Crippen molar-refractivity contribution < 1.29 is 9.53 Å². The first-order valence-electron chi connectivity index (χ1n) is 6.04. The van der Waals surface area contributed by atoms with Gasteiger partial charge in [0.25, 0.3) is 0 Å². The van der Waals surface area contributed by atoms with Gasteiger partial charge in [-0.2, -0.15) is 0 Å². The number of ether oxygens (including phenoxy) is 1. The highest BCUT2D eigenvalue weighted by Crippen LogP contribution is 2.32. The van der Waals surface area contributed by atoms with Crippen LogP contribution in [0.5, 0.6) is 0 Å². The number of rotatable bonds is 3. The number of esters is 1. The van der Waals surface area contributed by atoms with Crippen molar-refractivity contribution in [2.24, 2.45) is 0 Å². The van der Waals surface area contributed by atoms with Crippen molar-refractivity contribution in [3.05, 3.63) is 24.8 Å². The minimum atomic E-state index is -0.235. The van der Waals surface area contributed by atoms with Crippen LogP contribution in [0.3, 0.4) is 0 Å². The normalized spacial score (nSPS) is 14.9. The molecule has 0 bridgehead atoms. The summed E-state index contributed by atoms with van der Waals surface area (Å²) in [5.74, 6) is -0.235. The van der Waals surface area contributed by atoms with Gasteiger partial charge in [0.2, 0.25) is 0 Å². The maximum Gasteiger partial charge on any atom is 0.338 e. The maximum absolute atomic E-state index is 11.7. The predicted octanol–water partition coefficient (Wildman–Crippen LogP) is 3.67. The van der Waals surface area contributed by atoms with Gasteiger partial charge in [-0.05, 0) is 77.1 Å². The van der Waals surface area contributed by atoms with Gasteiger partial charge in [-0.1, -0.05) is 0 Å². The molecule has 1 aromatic carbocycles. The number of nitrogens with zero attached hydrogens (tertiary/aromatic N) is 1. The average Bonchev–Trinajstić information content (AvgIpc) is 2.82. The summed E-state index contributed by atoms with van der Waals surface area (Å²) in [6.45, 7) is 4.47. The van der Waals surface area contributed by atoms with Crippen LogP contribution in [-0.2, 0) is 4.74 Å². The standard InChI is InChI=1S/C13H15I2NO2/c1-2-18-13(17)9-7-10(14)12(11(15)8-9)16-5-3-4-6-16/h7-8H,2-6H2,1H3. The molecule has 0 spiro atoms. The van der Waals surface area contributed by atoms with Crippen LogP contribution >= 0.6 is 45.2 Å². The van der Waals surface area contributed by atoms with Gasteiger partial charge in [-0.25, -0.2) is 4.79 Å². The Bertz CT molecular complexity index is 433. The second-order valence-corrected chi connectivity index (χ2v) is 6.53. The number of anilines is 1. The Morgan fingerprint density at radius 1 is 1.28 bits per heavy atom. The lowest BCUT2D eigenvalue weighted by molar-refractivity contribution is 0.0526. The molecule has 18 heavy (non-hydrogen) atoms. The van der Waals surface area contributed by atoms with Crippen molar-refractivity contribution in [1.82, 2.24) is 0 Å². The van der Waals surface area contributed by atoms with Gasteiger partial charge in [0.15, 0.2) is 0 Å². The molecule has 2 rings (SSSR count). The number of halogens is 2. The lowest BCUT2D eigenvalue weighted by Crippen LogP contribution is -2.20. The second-order valence-electron chi connectivity index (χ2n) is 4.20. The summed E-state index contributed by atoms with van der Waals surface area (Å²) in [5.41, 5.74) is 1.91. The monoisotopic (exact) mass is 471 g/mol. The van der Waals surface area contributed by atoms with Crippen LogP contribution in [0.15, 0.2) is 12.1 Å². The van der Waals surface area contributed by atoms with Gasteiger partial charge < -0.3 is 9.64 Å². The van der Waals surface area contributed by atoms with Crippen molar-refractivity contribution in [1.29, 1.82) is 0 Å². The number of hydrogen-bond donors (Lipinski definition) is 0. The summed E-state index contributed by atoms with van der Waals surface area (Å²) in [4.78, 5) is 14.1. The highest BCUT2D eigenvalue weighted by Gasteiger charge is 2.20. The Balaban J connectivity index is 2.31. The SMILES string of the molecule is CCOC(=O)c1cc(I)c(N2CCCC2)c(I)c1. The molecular weight excluding hydrogens is 456 g/mol. The summed E-state index contributed by atoms with van der Waals surface area (Å²) in [7, 11) is 0. The van der Waals surface area contributed by atoms with Crippen LogP contribution in [0.1, 0.15) is 30.1 Å². The van der Waals surface area contributed by atoms with E-state index in [0.29, 0.717) is 12.2 Å². The van der Waals surface area contributed by atoms with E-state index in [9.17, 15) is 4.79 Å². The number of hydrogen-bond acceptors (Lipinski definition) is 3. The molecule has 98 valence electrons. The van der Waals surface area contributed by atoms with Gasteiger partial charge in [-0.3, -0.25) is 0 Å². The quantitative estimate of drug-likeness (QED) is 0.498. The fourth-order valence-corrected chi connectivity index (χ4v) is 4.59. The van der Waals surface area contributed by atoms with Crippen LogP contribution in [0.2, 0.25) is 0 Å². The molecule has 1 aliphatic heterocycles. The fourth-order valence-electron chi connectivity index (χ4n) is 2.14. The van der Waals surface area contributed by atoms with Crippen LogP contribution in [0.4, 0.5) is 5.69 Å². The lowest BCUT2D eigenvalue weighted by Gasteiger charge is -2.21. The Labute approximate surface area is 135 Å². The smallest absolute Gasteiger partial charge is 0.338 e. The van der Waals surface area contributed by atoms with Crippen molar-refractivity contribution in [2.75, 3.05) is 24.6 Å². The molecule has 0 unspecified atom stereocenters. The molecule has 1 saturated heterocycles. The molecule has 1 aromatic rings. The summed E-state index contributed by atoms with van der Waals surface area (Å²) >= 11 is 4.62. The largest absolute Gasteiger partial charge is 0.462 e. The van der Waals surface area contributed by atoms with Crippen molar-refractivity contribution >= 4 is 56.8 Å². The van der Waals surface area contributed by atoms with Crippen LogP contribution < -0.4 is 4.90 Å². The highest BCUT2D eigenvalue weighted by molar-refractivity contribution is 14.1. The van der Waals surface area contributed by atoms with Gasteiger partial charge in [0, 0.05) is 20.2 Å². The van der Waals surface area contributed by atoms with E-state index in [1.54, 1.807) is 0 Å². The number of carbonyl (C=O) groups is 1. The summed E-state index contributed by atoms with van der Waals surface area (Å²) in [6.07, 6.45) is 2.51. The number of carbonyl (C=O) groups excluding carboxylic acids is 1. The van der Waals surface area contributed by atoms with Gasteiger partial charge in [0.1, 0.15) is 0 Å². The molecule has 5 heteroatoms. The second kappa shape index (κ2) is 6.40. The minimum absolute atomic E-state index is 0.235. The van der Waals surface area contributed by atoms with Crippen LogP contribution in [0.25, 0.3) is 0 Å². The van der Waals surface area contributed by atoms with E-state index in [0.717, 1.165) is 20.2 Å². The number of benzene rings is 1. The Morgan fingerprint density at radius 2 is 1.83 bits per heavy atom. The summed E-state index contributed by atoms with van der Waals surface area (Å²) in [6, 6.07) is 3.85. The first-order chi connectivity index (χ1) is 8.63. The van der Waals surface area contributed by atoms with E-state index in [2.05, 4.69) is 50.1 Å². The van der Waals surface area contributed by atoms with E-state index >= 15 is 0 Å².